The highest BCUT2D eigenvalue weighted by Crippen LogP contribution is 2.10. The molecule has 0 saturated heterocycles. The van der Waals surface area contributed by atoms with Crippen LogP contribution in [0, 0.1) is 0 Å². The van der Waals surface area contributed by atoms with Crippen molar-refractivity contribution in [2.24, 2.45) is 0 Å². The lowest BCUT2D eigenvalue weighted by Gasteiger charge is -2.06. The number of allylic oxidation sites excluding steroid dienone is 1. The maximum absolute atomic E-state index is 11.8. The zero-order valence-corrected chi connectivity index (χ0v) is 9.95. The van der Waals surface area contributed by atoms with Gasteiger partial charge in [-0.25, -0.2) is 0 Å². The van der Waals surface area contributed by atoms with Gasteiger partial charge in [0.15, 0.2) is 0 Å². The van der Waals surface area contributed by atoms with Crippen LogP contribution in [0.4, 0.5) is 5.69 Å². The van der Waals surface area contributed by atoms with Gasteiger partial charge in [0.25, 0.3) is 5.91 Å². The molecule has 0 aliphatic heterocycles. The molecular formula is C11H18N4O. The number of nitrogen functional groups attached to an aromatic ring is 1. The summed E-state index contributed by atoms with van der Waals surface area (Å²) in [7, 11) is 0. The molecule has 0 saturated carbocycles. The van der Waals surface area contributed by atoms with Crippen LogP contribution in [0.15, 0.2) is 17.8 Å². The van der Waals surface area contributed by atoms with Crippen molar-refractivity contribution in [1.29, 1.82) is 0 Å². The molecular weight excluding hydrogens is 204 g/mol. The molecule has 3 N–H and O–H groups in total. The summed E-state index contributed by atoms with van der Waals surface area (Å²) in [6.07, 6.45) is 3.44. The first-order valence-electron chi connectivity index (χ1n) is 5.29. The van der Waals surface area contributed by atoms with E-state index in [-0.39, 0.29) is 5.91 Å². The van der Waals surface area contributed by atoms with E-state index >= 15 is 0 Å². The molecule has 16 heavy (non-hydrogen) atoms. The van der Waals surface area contributed by atoms with Crippen molar-refractivity contribution < 1.29 is 4.79 Å². The molecule has 0 aliphatic carbocycles. The highest BCUT2D eigenvalue weighted by molar-refractivity contribution is 5.97. The number of hydrogen-bond donors (Lipinski definition) is 2. The van der Waals surface area contributed by atoms with E-state index in [0.29, 0.717) is 24.5 Å². The number of amides is 1. The molecule has 0 aromatic carbocycles. The van der Waals surface area contributed by atoms with Crippen LogP contribution in [0.1, 0.15) is 31.3 Å². The standard InChI is InChI=1S/C11H18N4O/c1-4-15-10(9(12)7-14-15)11(16)13-6-5-8(2)3/h5,7H,4,6,12H2,1-3H3,(H,13,16). The van der Waals surface area contributed by atoms with Crippen LogP contribution in [-0.2, 0) is 6.54 Å². The third-order valence-corrected chi connectivity index (χ3v) is 2.16. The van der Waals surface area contributed by atoms with Crippen molar-refractivity contribution in [1.82, 2.24) is 15.1 Å². The molecule has 1 heterocycles. The minimum atomic E-state index is -0.186. The number of nitrogens with one attached hydrogen (secondary N) is 1. The summed E-state index contributed by atoms with van der Waals surface area (Å²) in [6.45, 7) is 7.02. The SMILES string of the molecule is CCn1ncc(N)c1C(=O)NCC=C(C)C. The number of anilines is 1. The van der Waals surface area contributed by atoms with Gasteiger partial charge in [0.1, 0.15) is 5.69 Å². The van der Waals surface area contributed by atoms with Gasteiger partial charge < -0.3 is 11.1 Å². The van der Waals surface area contributed by atoms with Gasteiger partial charge in [-0.3, -0.25) is 9.48 Å². The van der Waals surface area contributed by atoms with Crippen LogP contribution in [0.5, 0.6) is 0 Å². The average Bonchev–Trinajstić information content (AvgIpc) is 2.58. The van der Waals surface area contributed by atoms with Gasteiger partial charge in [0, 0.05) is 13.1 Å². The van der Waals surface area contributed by atoms with Crippen LogP contribution in [0.25, 0.3) is 0 Å². The molecule has 5 nitrogen and oxygen atoms in total. The van der Waals surface area contributed by atoms with Crippen molar-refractivity contribution >= 4 is 11.6 Å². The molecule has 0 bridgehead atoms. The molecule has 1 aromatic rings. The summed E-state index contributed by atoms with van der Waals surface area (Å²) in [5, 5.41) is 6.79. The lowest BCUT2D eigenvalue weighted by Crippen LogP contribution is -2.27. The predicted octanol–water partition coefficient (Wildman–Crippen LogP) is 1.18. The molecule has 0 unspecified atom stereocenters. The normalized spacial score (nSPS) is 9.94. The maximum atomic E-state index is 11.8. The number of aryl methyl sites for hydroxylation is 1. The van der Waals surface area contributed by atoms with Gasteiger partial charge in [0.2, 0.25) is 0 Å². The summed E-state index contributed by atoms with van der Waals surface area (Å²) in [5.41, 5.74) is 7.70. The first kappa shape index (κ1) is 12.3. The molecule has 88 valence electrons. The number of rotatable bonds is 4. The summed E-state index contributed by atoms with van der Waals surface area (Å²) >= 11 is 0. The van der Waals surface area contributed by atoms with Crippen LogP contribution < -0.4 is 11.1 Å². The van der Waals surface area contributed by atoms with E-state index in [1.54, 1.807) is 4.68 Å². The van der Waals surface area contributed by atoms with E-state index in [1.807, 2.05) is 26.8 Å². The van der Waals surface area contributed by atoms with Crippen LogP contribution >= 0.6 is 0 Å². The number of nitrogens with two attached hydrogens (primary N) is 1. The Morgan fingerprint density at radius 1 is 1.62 bits per heavy atom. The minimum Gasteiger partial charge on any atom is -0.396 e. The number of carbonyl (C=O) groups excluding carboxylic acids is 1. The van der Waals surface area contributed by atoms with Gasteiger partial charge in [0.05, 0.1) is 11.9 Å². The number of carbonyl (C=O) groups is 1. The molecule has 0 fully saturated rings. The summed E-state index contributed by atoms with van der Waals surface area (Å²) < 4.78 is 1.59. The Morgan fingerprint density at radius 2 is 2.31 bits per heavy atom. The lowest BCUT2D eigenvalue weighted by molar-refractivity contribution is 0.0948. The Hall–Kier alpha value is -1.78. The second kappa shape index (κ2) is 5.34. The van der Waals surface area contributed by atoms with E-state index in [2.05, 4.69) is 10.4 Å². The summed E-state index contributed by atoms with van der Waals surface area (Å²) in [6, 6.07) is 0. The van der Waals surface area contributed by atoms with Crippen LogP contribution in [-0.4, -0.2) is 22.2 Å². The van der Waals surface area contributed by atoms with Crippen LogP contribution in [0.3, 0.4) is 0 Å². The molecule has 0 radical (unpaired) electrons. The van der Waals surface area contributed by atoms with Crippen molar-refractivity contribution in [2.75, 3.05) is 12.3 Å². The average molecular weight is 222 g/mol. The third-order valence-electron chi connectivity index (χ3n) is 2.16. The van der Waals surface area contributed by atoms with Gasteiger partial charge in [-0.1, -0.05) is 11.6 Å². The Morgan fingerprint density at radius 3 is 2.88 bits per heavy atom. The van der Waals surface area contributed by atoms with Crippen molar-refractivity contribution in [2.45, 2.75) is 27.3 Å². The van der Waals surface area contributed by atoms with Crippen molar-refractivity contribution in [3.05, 3.63) is 23.5 Å². The highest BCUT2D eigenvalue weighted by atomic mass is 16.2. The summed E-state index contributed by atoms with van der Waals surface area (Å²) in [4.78, 5) is 11.8. The van der Waals surface area contributed by atoms with Gasteiger partial charge in [-0.2, -0.15) is 5.10 Å². The van der Waals surface area contributed by atoms with Crippen molar-refractivity contribution in [3.63, 3.8) is 0 Å². The molecule has 5 heteroatoms. The first-order valence-corrected chi connectivity index (χ1v) is 5.29. The van der Waals surface area contributed by atoms with E-state index < -0.39 is 0 Å². The molecule has 1 aromatic heterocycles. The second-order valence-electron chi connectivity index (χ2n) is 3.76. The fourth-order valence-corrected chi connectivity index (χ4v) is 1.32. The Labute approximate surface area is 95.3 Å². The Kier molecular flexibility index (Phi) is 4.10. The van der Waals surface area contributed by atoms with Gasteiger partial charge in [-0.05, 0) is 20.8 Å². The topological polar surface area (TPSA) is 72.9 Å². The lowest BCUT2D eigenvalue weighted by atomic mass is 10.3. The number of hydrogen-bond acceptors (Lipinski definition) is 3. The molecule has 1 rings (SSSR count). The zero-order valence-electron chi connectivity index (χ0n) is 9.95. The van der Waals surface area contributed by atoms with Gasteiger partial charge >= 0.3 is 0 Å². The fraction of sp³-hybridized carbons (Fsp3) is 0.455. The molecule has 0 atom stereocenters. The quantitative estimate of drug-likeness (QED) is 0.751. The summed E-state index contributed by atoms with van der Waals surface area (Å²) in [5.74, 6) is -0.186. The first-order chi connectivity index (χ1) is 7.56. The van der Waals surface area contributed by atoms with Crippen LogP contribution in [0.2, 0.25) is 0 Å². The number of nitrogens with zero attached hydrogens (tertiary/aromatic N) is 2. The Balaban J connectivity index is 2.72. The maximum Gasteiger partial charge on any atom is 0.271 e. The van der Waals surface area contributed by atoms with E-state index in [9.17, 15) is 4.79 Å². The van der Waals surface area contributed by atoms with Gasteiger partial charge in [-0.15, -0.1) is 0 Å². The zero-order chi connectivity index (χ0) is 12.1. The largest absolute Gasteiger partial charge is 0.396 e. The smallest absolute Gasteiger partial charge is 0.271 e. The van der Waals surface area contributed by atoms with E-state index in [4.69, 9.17) is 5.73 Å². The Bertz CT molecular complexity index is 402. The predicted molar refractivity (Wildman–Crippen MR) is 64.1 cm³/mol. The monoisotopic (exact) mass is 222 g/mol. The van der Waals surface area contributed by atoms with E-state index in [1.165, 1.54) is 6.20 Å². The molecule has 0 spiro atoms. The minimum absolute atomic E-state index is 0.186. The highest BCUT2D eigenvalue weighted by Gasteiger charge is 2.14. The fourth-order valence-electron chi connectivity index (χ4n) is 1.32. The number of aromatic nitrogens is 2. The van der Waals surface area contributed by atoms with E-state index in [0.717, 1.165) is 5.57 Å². The second-order valence-corrected chi connectivity index (χ2v) is 3.76. The third kappa shape index (κ3) is 2.85. The molecule has 1 amide bonds. The molecule has 0 aliphatic rings. The van der Waals surface area contributed by atoms with Crippen molar-refractivity contribution in [3.8, 4) is 0 Å².